The van der Waals surface area contributed by atoms with Crippen molar-refractivity contribution >= 4 is 23.1 Å². The average Bonchev–Trinajstić information content (AvgIpc) is 3.01. The summed E-state index contributed by atoms with van der Waals surface area (Å²) in [5, 5.41) is 21.3. The molecule has 0 spiro atoms. The van der Waals surface area contributed by atoms with Crippen LogP contribution in [0.25, 0.3) is 5.76 Å². The van der Waals surface area contributed by atoms with Crippen LogP contribution in [0.4, 0.5) is 5.69 Å². The number of carbonyl (C=O) groups excluding carboxylic acids is 2. The largest absolute Gasteiger partial charge is 0.507 e. The van der Waals surface area contributed by atoms with Crippen molar-refractivity contribution < 1.29 is 19.8 Å². The van der Waals surface area contributed by atoms with Gasteiger partial charge >= 0.3 is 0 Å². The van der Waals surface area contributed by atoms with Gasteiger partial charge in [0, 0.05) is 24.2 Å². The van der Waals surface area contributed by atoms with Crippen LogP contribution in [0.1, 0.15) is 22.9 Å². The molecule has 0 radical (unpaired) electrons. The summed E-state index contributed by atoms with van der Waals surface area (Å²) >= 11 is 0. The molecular weight excluding hydrogens is 370 g/mol. The zero-order valence-corrected chi connectivity index (χ0v) is 15.5. The highest BCUT2D eigenvalue weighted by Crippen LogP contribution is 2.44. The average molecular weight is 387 g/mol. The van der Waals surface area contributed by atoms with E-state index in [9.17, 15) is 19.8 Å². The number of aliphatic hydroxyl groups is 1. The second-order valence-electron chi connectivity index (χ2n) is 6.65. The van der Waals surface area contributed by atoms with E-state index in [-0.39, 0.29) is 22.8 Å². The molecule has 3 aromatic rings. The number of Topliss-reactive ketones (excluding diaryl/α,β-unsaturated/α-hetero) is 1. The van der Waals surface area contributed by atoms with Gasteiger partial charge in [-0.3, -0.25) is 24.5 Å². The standard InChI is InChI=1S/C22H17N3O4/c1-13-5-6-17(26)16(12-13)25-19(15-4-2-3-9-24-15)18(21(28)22(25)29)20(27)14-7-10-23-11-8-14/h2-12,19,26-27H,1H3/b20-18+. The van der Waals surface area contributed by atoms with Gasteiger partial charge in [-0.1, -0.05) is 12.1 Å². The summed E-state index contributed by atoms with van der Waals surface area (Å²) in [4.78, 5) is 35.3. The predicted octanol–water partition coefficient (Wildman–Crippen LogP) is 3.12. The summed E-state index contributed by atoms with van der Waals surface area (Å²) in [6, 6.07) is 12.0. The fourth-order valence-corrected chi connectivity index (χ4v) is 3.39. The zero-order chi connectivity index (χ0) is 20.5. The van der Waals surface area contributed by atoms with Crippen LogP contribution in [0.2, 0.25) is 0 Å². The maximum atomic E-state index is 13.0. The fraction of sp³-hybridized carbons (Fsp3) is 0.0909. The third kappa shape index (κ3) is 3.12. The Kier molecular flexibility index (Phi) is 4.56. The normalized spacial score (nSPS) is 18.2. The van der Waals surface area contributed by atoms with Crippen LogP contribution >= 0.6 is 0 Å². The maximum absolute atomic E-state index is 13.0. The number of aromatic hydroxyl groups is 1. The van der Waals surface area contributed by atoms with Gasteiger partial charge in [-0.2, -0.15) is 0 Å². The third-order valence-electron chi connectivity index (χ3n) is 4.76. The van der Waals surface area contributed by atoms with Crippen molar-refractivity contribution in [1.82, 2.24) is 9.97 Å². The SMILES string of the molecule is Cc1ccc(O)c(N2C(=O)C(=O)/C(=C(/O)c3ccncc3)C2c2ccccn2)c1. The van der Waals surface area contributed by atoms with E-state index in [4.69, 9.17) is 0 Å². The lowest BCUT2D eigenvalue weighted by Crippen LogP contribution is -2.30. The van der Waals surface area contributed by atoms with Crippen LogP contribution in [0.3, 0.4) is 0 Å². The van der Waals surface area contributed by atoms with Crippen LogP contribution in [0.15, 0.2) is 72.7 Å². The first-order chi connectivity index (χ1) is 14.0. The van der Waals surface area contributed by atoms with Gasteiger partial charge in [0.25, 0.3) is 11.7 Å². The van der Waals surface area contributed by atoms with Crippen molar-refractivity contribution in [3.05, 3.63) is 89.5 Å². The highest BCUT2D eigenvalue weighted by atomic mass is 16.3. The first-order valence-corrected chi connectivity index (χ1v) is 8.91. The molecule has 1 unspecified atom stereocenters. The van der Waals surface area contributed by atoms with E-state index in [1.54, 1.807) is 42.5 Å². The van der Waals surface area contributed by atoms with E-state index in [0.29, 0.717) is 11.3 Å². The van der Waals surface area contributed by atoms with E-state index in [1.165, 1.54) is 29.6 Å². The summed E-state index contributed by atoms with van der Waals surface area (Å²) in [5.41, 5.74) is 1.63. The lowest BCUT2D eigenvalue weighted by molar-refractivity contribution is -0.132. The van der Waals surface area contributed by atoms with Gasteiger partial charge in [-0.05, 0) is 48.9 Å². The number of ketones is 1. The van der Waals surface area contributed by atoms with Crippen LogP contribution in [-0.4, -0.2) is 31.9 Å². The first-order valence-electron chi connectivity index (χ1n) is 8.91. The number of hydrogen-bond acceptors (Lipinski definition) is 6. The highest BCUT2D eigenvalue weighted by molar-refractivity contribution is 6.51. The highest BCUT2D eigenvalue weighted by Gasteiger charge is 2.48. The van der Waals surface area contributed by atoms with Gasteiger partial charge < -0.3 is 10.2 Å². The number of carbonyl (C=O) groups is 2. The van der Waals surface area contributed by atoms with Gasteiger partial charge in [0.05, 0.1) is 17.0 Å². The van der Waals surface area contributed by atoms with E-state index >= 15 is 0 Å². The van der Waals surface area contributed by atoms with Crippen molar-refractivity contribution in [1.29, 1.82) is 0 Å². The molecule has 0 saturated carbocycles. The minimum atomic E-state index is -0.989. The monoisotopic (exact) mass is 387 g/mol. The Morgan fingerprint density at radius 3 is 2.48 bits per heavy atom. The number of phenolic OH excluding ortho intramolecular Hbond substituents is 1. The molecule has 7 heteroatoms. The van der Waals surface area contributed by atoms with E-state index in [1.807, 2.05) is 6.92 Å². The lowest BCUT2D eigenvalue weighted by Gasteiger charge is -2.25. The number of anilines is 1. The summed E-state index contributed by atoms with van der Waals surface area (Å²) in [6.07, 6.45) is 4.50. The van der Waals surface area contributed by atoms with Crippen LogP contribution in [0.5, 0.6) is 5.75 Å². The molecule has 1 amide bonds. The number of benzene rings is 1. The van der Waals surface area contributed by atoms with E-state index in [0.717, 1.165) is 5.56 Å². The number of aromatic nitrogens is 2. The number of amides is 1. The molecule has 2 aromatic heterocycles. The topological polar surface area (TPSA) is 104 Å². The van der Waals surface area contributed by atoms with E-state index in [2.05, 4.69) is 9.97 Å². The van der Waals surface area contributed by atoms with Crippen molar-refractivity contribution in [2.45, 2.75) is 13.0 Å². The number of hydrogen-bond donors (Lipinski definition) is 2. The number of pyridine rings is 2. The van der Waals surface area contributed by atoms with Crippen molar-refractivity contribution in [3.8, 4) is 5.75 Å². The molecule has 4 rings (SSSR count). The molecule has 29 heavy (non-hydrogen) atoms. The number of rotatable bonds is 3. The Labute approximate surface area is 166 Å². The minimum absolute atomic E-state index is 0.0965. The molecule has 0 bridgehead atoms. The van der Waals surface area contributed by atoms with Gasteiger partial charge in [0.15, 0.2) is 0 Å². The van der Waals surface area contributed by atoms with Crippen molar-refractivity contribution in [2.24, 2.45) is 0 Å². The molecule has 144 valence electrons. The molecule has 7 nitrogen and oxygen atoms in total. The third-order valence-corrected chi connectivity index (χ3v) is 4.76. The Hall–Kier alpha value is -4.00. The van der Waals surface area contributed by atoms with Crippen molar-refractivity contribution in [2.75, 3.05) is 4.90 Å². The van der Waals surface area contributed by atoms with E-state index < -0.39 is 17.7 Å². The Balaban J connectivity index is 1.98. The Morgan fingerprint density at radius 1 is 1.03 bits per heavy atom. The summed E-state index contributed by atoms with van der Waals surface area (Å²) in [7, 11) is 0. The fourth-order valence-electron chi connectivity index (χ4n) is 3.39. The van der Waals surface area contributed by atoms with Gasteiger partial charge in [0.1, 0.15) is 17.6 Å². The van der Waals surface area contributed by atoms with Crippen LogP contribution in [0, 0.1) is 6.92 Å². The smallest absolute Gasteiger partial charge is 0.300 e. The van der Waals surface area contributed by atoms with Crippen molar-refractivity contribution in [3.63, 3.8) is 0 Å². The van der Waals surface area contributed by atoms with Gasteiger partial charge in [0.2, 0.25) is 0 Å². The number of nitrogens with zero attached hydrogens (tertiary/aromatic N) is 3. The maximum Gasteiger partial charge on any atom is 0.300 e. The number of aliphatic hydroxyl groups excluding tert-OH is 1. The predicted molar refractivity (Wildman–Crippen MR) is 106 cm³/mol. The molecule has 2 N–H and O–H groups in total. The summed E-state index contributed by atoms with van der Waals surface area (Å²) < 4.78 is 0. The molecule has 1 aliphatic heterocycles. The Morgan fingerprint density at radius 2 is 1.79 bits per heavy atom. The summed E-state index contributed by atoms with van der Waals surface area (Å²) in [5.74, 6) is -2.17. The molecule has 1 fully saturated rings. The quantitative estimate of drug-likeness (QED) is 0.407. The number of aryl methyl sites for hydroxylation is 1. The zero-order valence-electron chi connectivity index (χ0n) is 15.5. The van der Waals surface area contributed by atoms with Gasteiger partial charge in [-0.25, -0.2) is 0 Å². The molecule has 3 heterocycles. The molecule has 1 atom stereocenters. The molecule has 1 saturated heterocycles. The first kappa shape index (κ1) is 18.4. The molecular formula is C22H17N3O4. The number of phenols is 1. The second kappa shape index (κ2) is 7.20. The van der Waals surface area contributed by atoms with Crippen LogP contribution in [-0.2, 0) is 9.59 Å². The molecule has 0 aliphatic carbocycles. The van der Waals surface area contributed by atoms with Gasteiger partial charge in [-0.15, -0.1) is 0 Å². The lowest BCUT2D eigenvalue weighted by atomic mass is 9.98. The Bertz CT molecular complexity index is 1130. The molecule has 1 aliphatic rings. The molecule has 1 aromatic carbocycles. The van der Waals surface area contributed by atoms with Crippen LogP contribution < -0.4 is 4.90 Å². The second-order valence-corrected chi connectivity index (χ2v) is 6.65. The minimum Gasteiger partial charge on any atom is -0.507 e. The summed E-state index contributed by atoms with van der Waals surface area (Å²) in [6.45, 7) is 1.81.